The Morgan fingerprint density at radius 2 is 2.00 bits per heavy atom. The normalized spacial score (nSPS) is 25.0. The number of carbonyl (C=O) groups excluding carboxylic acids is 1. The first-order valence-corrected chi connectivity index (χ1v) is 10.2. The molecule has 2 fully saturated rings. The number of fused-ring (bicyclic) bond motifs is 1. The summed E-state index contributed by atoms with van der Waals surface area (Å²) in [7, 11) is -0.464. The largest absolute Gasteiger partial charge is 0.495 e. The van der Waals surface area contributed by atoms with Gasteiger partial charge in [0.05, 0.1) is 26.9 Å². The zero-order valence-corrected chi connectivity index (χ0v) is 17.2. The van der Waals surface area contributed by atoms with E-state index in [0.717, 1.165) is 21.4 Å². The minimum absolute atomic E-state index is 0.0807. The van der Waals surface area contributed by atoms with E-state index in [1.165, 1.54) is 0 Å². The van der Waals surface area contributed by atoms with Crippen molar-refractivity contribution in [1.29, 1.82) is 0 Å². The highest BCUT2D eigenvalue weighted by Gasteiger charge is 2.52. The molecular formula is C19H25BN2O4S. The second kappa shape index (κ2) is 6.46. The van der Waals surface area contributed by atoms with E-state index in [4.69, 9.17) is 14.0 Å². The number of hydrogen-bond acceptors (Lipinski definition) is 6. The van der Waals surface area contributed by atoms with E-state index < -0.39 is 18.3 Å². The molecule has 4 rings (SSSR count). The van der Waals surface area contributed by atoms with Gasteiger partial charge in [-0.2, -0.15) is 0 Å². The zero-order valence-electron chi connectivity index (χ0n) is 16.4. The molecule has 1 amide bonds. The van der Waals surface area contributed by atoms with Gasteiger partial charge in [0.15, 0.2) is 0 Å². The summed E-state index contributed by atoms with van der Waals surface area (Å²) in [5.74, 6) is 1.02. The summed E-state index contributed by atoms with van der Waals surface area (Å²) >= 11 is 1.55. The van der Waals surface area contributed by atoms with E-state index in [0.29, 0.717) is 13.0 Å². The number of carbonyl (C=O) groups is 1. The van der Waals surface area contributed by atoms with Crippen LogP contribution < -0.4 is 15.5 Å². The van der Waals surface area contributed by atoms with Gasteiger partial charge in [0.1, 0.15) is 11.9 Å². The van der Waals surface area contributed by atoms with E-state index in [-0.39, 0.29) is 17.9 Å². The summed E-state index contributed by atoms with van der Waals surface area (Å²) in [6, 6.07) is 4.00. The molecule has 2 saturated heterocycles. The molecule has 2 atom stereocenters. The van der Waals surface area contributed by atoms with Crippen LogP contribution in [0.4, 0.5) is 0 Å². The van der Waals surface area contributed by atoms with Gasteiger partial charge in [-0.3, -0.25) is 4.79 Å². The average Bonchev–Trinajstić information content (AvgIpc) is 3.26. The third-order valence-electron chi connectivity index (χ3n) is 5.93. The number of amides is 1. The molecule has 6 nitrogen and oxygen atoms in total. The average molecular weight is 388 g/mol. The Morgan fingerprint density at radius 3 is 2.63 bits per heavy atom. The van der Waals surface area contributed by atoms with Gasteiger partial charge < -0.3 is 19.4 Å². The number of hydrogen-bond donors (Lipinski definition) is 1. The molecule has 0 radical (unpaired) electrons. The molecule has 2 aliphatic heterocycles. The van der Waals surface area contributed by atoms with Crippen LogP contribution in [0.3, 0.4) is 0 Å². The van der Waals surface area contributed by atoms with E-state index >= 15 is 0 Å². The lowest BCUT2D eigenvalue weighted by molar-refractivity contribution is -0.119. The van der Waals surface area contributed by atoms with E-state index in [9.17, 15) is 4.79 Å². The van der Waals surface area contributed by atoms with Crippen LogP contribution in [0, 0.1) is 5.92 Å². The highest BCUT2D eigenvalue weighted by Crippen LogP contribution is 2.38. The minimum atomic E-state index is -0.464. The quantitative estimate of drug-likeness (QED) is 0.816. The molecule has 0 spiro atoms. The van der Waals surface area contributed by atoms with Crippen LogP contribution in [0.15, 0.2) is 17.6 Å². The maximum Gasteiger partial charge on any atom is 0.495 e. The van der Waals surface area contributed by atoms with Crippen molar-refractivity contribution < 1.29 is 18.8 Å². The lowest BCUT2D eigenvalue weighted by Gasteiger charge is -2.32. The van der Waals surface area contributed by atoms with Gasteiger partial charge in [0.25, 0.3) is 0 Å². The molecule has 0 bridgehead atoms. The topological polar surface area (TPSA) is 69.7 Å². The van der Waals surface area contributed by atoms with Crippen molar-refractivity contribution in [3.63, 3.8) is 0 Å². The van der Waals surface area contributed by atoms with Crippen LogP contribution in [0.1, 0.15) is 41.0 Å². The highest BCUT2D eigenvalue weighted by molar-refractivity contribution is 7.17. The van der Waals surface area contributed by atoms with Gasteiger partial charge in [-0.1, -0.05) is 0 Å². The number of rotatable bonds is 4. The van der Waals surface area contributed by atoms with Crippen LogP contribution in [0.2, 0.25) is 0 Å². The minimum Gasteiger partial charge on any atom is -0.489 e. The van der Waals surface area contributed by atoms with Crippen LogP contribution in [0.25, 0.3) is 10.2 Å². The summed E-state index contributed by atoms with van der Waals surface area (Å²) in [5.41, 5.74) is 2.78. The molecule has 27 heavy (non-hydrogen) atoms. The van der Waals surface area contributed by atoms with Crippen molar-refractivity contribution >= 4 is 40.0 Å². The number of aromatic nitrogens is 1. The molecule has 1 aromatic carbocycles. The summed E-state index contributed by atoms with van der Waals surface area (Å²) in [5, 5.41) is 2.87. The second-order valence-electron chi connectivity index (χ2n) is 8.40. The predicted molar refractivity (Wildman–Crippen MR) is 107 cm³/mol. The first-order chi connectivity index (χ1) is 12.7. The Bertz CT molecular complexity index is 866. The fourth-order valence-corrected chi connectivity index (χ4v) is 4.14. The fourth-order valence-electron chi connectivity index (χ4n) is 3.42. The van der Waals surface area contributed by atoms with Crippen LogP contribution >= 0.6 is 11.3 Å². The summed E-state index contributed by atoms with van der Waals surface area (Å²) in [6.07, 6.45) is 0.423. The number of nitrogens with zero attached hydrogens (tertiary/aromatic N) is 1. The monoisotopic (exact) mass is 388 g/mol. The summed E-state index contributed by atoms with van der Waals surface area (Å²) in [4.78, 5) is 16.0. The number of ether oxygens (including phenoxy) is 1. The molecule has 8 heteroatoms. The molecule has 0 aliphatic carbocycles. The molecule has 2 aromatic rings. The van der Waals surface area contributed by atoms with E-state index in [2.05, 4.69) is 10.3 Å². The molecule has 0 saturated carbocycles. The van der Waals surface area contributed by atoms with Gasteiger partial charge >= 0.3 is 7.12 Å². The molecule has 3 heterocycles. The Kier molecular flexibility index (Phi) is 4.48. The van der Waals surface area contributed by atoms with Crippen LogP contribution in [-0.4, -0.2) is 41.9 Å². The van der Waals surface area contributed by atoms with Crippen molar-refractivity contribution in [2.24, 2.45) is 5.92 Å². The lowest BCUT2D eigenvalue weighted by atomic mass is 9.79. The Morgan fingerprint density at radius 1 is 1.30 bits per heavy atom. The SMILES string of the molecule is CC(Oc1cc(B2OC(C)(C)C(C)(C)O2)cc2ncsc12)C1CNC(=O)C1. The smallest absolute Gasteiger partial charge is 0.489 e. The fraction of sp³-hybridized carbons (Fsp3) is 0.579. The first-order valence-electron chi connectivity index (χ1n) is 9.32. The molecular weight excluding hydrogens is 363 g/mol. The lowest BCUT2D eigenvalue weighted by Crippen LogP contribution is -2.41. The van der Waals surface area contributed by atoms with Gasteiger partial charge in [-0.05, 0) is 52.2 Å². The van der Waals surface area contributed by atoms with E-state index in [1.807, 2.05) is 52.3 Å². The Labute approximate surface area is 163 Å². The van der Waals surface area contributed by atoms with E-state index in [1.54, 1.807) is 11.3 Å². The first kappa shape index (κ1) is 18.7. The molecule has 2 unspecified atom stereocenters. The van der Waals surface area contributed by atoms with Crippen molar-refractivity contribution in [2.75, 3.05) is 6.54 Å². The van der Waals surface area contributed by atoms with Gasteiger partial charge in [-0.25, -0.2) is 4.98 Å². The molecule has 1 aromatic heterocycles. The maximum atomic E-state index is 11.5. The Hall–Kier alpha value is -1.64. The second-order valence-corrected chi connectivity index (χ2v) is 9.25. The van der Waals surface area contributed by atoms with Crippen molar-refractivity contribution in [1.82, 2.24) is 10.3 Å². The zero-order chi connectivity index (χ0) is 19.4. The Balaban J connectivity index is 1.63. The summed E-state index contributed by atoms with van der Waals surface area (Å²) < 4.78 is 19.7. The highest BCUT2D eigenvalue weighted by atomic mass is 32.1. The van der Waals surface area contributed by atoms with Crippen molar-refractivity contribution in [3.05, 3.63) is 17.6 Å². The molecule has 2 aliphatic rings. The number of thiazole rings is 1. The third-order valence-corrected chi connectivity index (χ3v) is 6.79. The third kappa shape index (κ3) is 3.34. The molecule has 144 valence electrons. The predicted octanol–water partition coefficient (Wildman–Crippen LogP) is 2.50. The molecule has 1 N–H and O–H groups in total. The standard InChI is InChI=1S/C19H25BN2O4S/c1-11(12-6-16(23)21-9-12)24-15-8-13(7-14-17(15)27-10-22-14)20-25-18(2,3)19(4,5)26-20/h7-8,10-12H,6,9H2,1-5H3,(H,21,23). The number of benzene rings is 1. The van der Waals surface area contributed by atoms with Crippen molar-refractivity contribution in [2.45, 2.75) is 58.3 Å². The van der Waals surface area contributed by atoms with Crippen molar-refractivity contribution in [3.8, 4) is 5.75 Å². The number of nitrogens with one attached hydrogen (secondary N) is 1. The summed E-state index contributed by atoms with van der Waals surface area (Å²) in [6.45, 7) is 10.8. The van der Waals surface area contributed by atoms with Gasteiger partial charge in [-0.15, -0.1) is 11.3 Å². The van der Waals surface area contributed by atoms with Gasteiger partial charge in [0.2, 0.25) is 5.91 Å². The van der Waals surface area contributed by atoms with Crippen LogP contribution in [0.5, 0.6) is 5.75 Å². The van der Waals surface area contributed by atoms with Gasteiger partial charge in [0, 0.05) is 18.9 Å². The maximum absolute atomic E-state index is 11.5. The van der Waals surface area contributed by atoms with Crippen LogP contribution in [-0.2, 0) is 14.1 Å².